The maximum absolute atomic E-state index is 13.9. The van der Waals surface area contributed by atoms with Gasteiger partial charge in [0, 0.05) is 17.8 Å². The molecular weight excluding hydrogens is 447 g/mol. The molecule has 11 heteroatoms. The van der Waals surface area contributed by atoms with Gasteiger partial charge in [0.15, 0.2) is 4.90 Å². The van der Waals surface area contributed by atoms with Crippen LogP contribution in [0.15, 0.2) is 53.6 Å². The first-order valence-corrected chi connectivity index (χ1v) is 10.1. The maximum atomic E-state index is 13.9. The molecule has 1 aromatic heterocycles. The van der Waals surface area contributed by atoms with Gasteiger partial charge >= 0.3 is 0 Å². The van der Waals surface area contributed by atoms with E-state index in [0.29, 0.717) is 0 Å². The molecular formula is C18H11Cl2F2N3O3S. The van der Waals surface area contributed by atoms with E-state index in [-0.39, 0.29) is 33.0 Å². The highest BCUT2D eigenvalue weighted by atomic mass is 35.5. The molecule has 0 atom stereocenters. The van der Waals surface area contributed by atoms with Crippen molar-refractivity contribution >= 4 is 50.7 Å². The highest BCUT2D eigenvalue weighted by Gasteiger charge is 2.25. The van der Waals surface area contributed by atoms with Crippen LogP contribution in [0.4, 0.5) is 14.5 Å². The van der Waals surface area contributed by atoms with Crippen molar-refractivity contribution < 1.29 is 22.3 Å². The van der Waals surface area contributed by atoms with E-state index in [9.17, 15) is 22.3 Å². The monoisotopic (exact) mass is 457 g/mol. The molecule has 0 saturated carbocycles. The molecule has 150 valence electrons. The number of aromatic nitrogens is 2. The Labute approximate surface area is 174 Å². The van der Waals surface area contributed by atoms with Gasteiger partial charge in [0.1, 0.15) is 17.4 Å². The van der Waals surface area contributed by atoms with Crippen LogP contribution in [0.25, 0.3) is 11.8 Å². The van der Waals surface area contributed by atoms with Crippen LogP contribution in [0.2, 0.25) is 10.3 Å². The molecule has 0 aliphatic carbocycles. The first-order chi connectivity index (χ1) is 13.7. The molecule has 0 saturated heterocycles. The molecule has 0 unspecified atom stereocenters. The summed E-state index contributed by atoms with van der Waals surface area (Å²) in [5, 5.41) is 10.1. The van der Waals surface area contributed by atoms with Gasteiger partial charge in [-0.1, -0.05) is 23.7 Å². The molecule has 29 heavy (non-hydrogen) atoms. The molecule has 3 aromatic rings. The smallest absolute Gasteiger partial charge is 0.267 e. The Morgan fingerprint density at radius 1 is 1.07 bits per heavy atom. The quantitative estimate of drug-likeness (QED) is 0.419. The summed E-state index contributed by atoms with van der Waals surface area (Å²) in [5.41, 5.74) is 0.140. The molecule has 0 aliphatic rings. The minimum atomic E-state index is -4.63. The Hall–Kier alpha value is -2.75. The molecule has 0 fully saturated rings. The number of nitrogens with one attached hydrogen (secondary N) is 1. The van der Waals surface area contributed by atoms with Gasteiger partial charge in [-0.05, 0) is 41.9 Å². The van der Waals surface area contributed by atoms with Crippen molar-refractivity contribution in [1.82, 2.24) is 9.97 Å². The minimum absolute atomic E-state index is 0.0360. The van der Waals surface area contributed by atoms with E-state index < -0.39 is 26.6 Å². The molecule has 0 amide bonds. The lowest BCUT2D eigenvalue weighted by Gasteiger charge is -2.13. The van der Waals surface area contributed by atoms with Gasteiger partial charge in [-0.2, -0.15) is 0 Å². The normalized spacial score (nSPS) is 12.1. The van der Waals surface area contributed by atoms with Crippen LogP contribution in [0.1, 0.15) is 11.3 Å². The van der Waals surface area contributed by atoms with Gasteiger partial charge < -0.3 is 5.11 Å². The number of halogens is 4. The number of benzene rings is 2. The Kier molecular flexibility index (Phi) is 6.02. The molecule has 0 spiro atoms. The SMILES string of the molecule is O=S(=O)(Nc1cccc(/C(O)=C/c2ccnc(Cl)n2)c1Cl)c1c(F)cccc1F. The Morgan fingerprint density at radius 2 is 1.72 bits per heavy atom. The summed E-state index contributed by atoms with van der Waals surface area (Å²) in [7, 11) is -4.63. The van der Waals surface area contributed by atoms with E-state index in [1.807, 2.05) is 4.72 Å². The fraction of sp³-hybridized carbons (Fsp3) is 0. The zero-order valence-corrected chi connectivity index (χ0v) is 16.6. The van der Waals surface area contributed by atoms with Crippen LogP contribution < -0.4 is 4.72 Å². The topological polar surface area (TPSA) is 92.2 Å². The van der Waals surface area contributed by atoms with Crippen molar-refractivity contribution in [2.24, 2.45) is 0 Å². The molecule has 0 radical (unpaired) electrons. The van der Waals surface area contributed by atoms with Gasteiger partial charge in [0.25, 0.3) is 10.0 Å². The average molecular weight is 458 g/mol. The van der Waals surface area contributed by atoms with Crippen molar-refractivity contribution in [3.63, 3.8) is 0 Å². The summed E-state index contributed by atoms with van der Waals surface area (Å²) in [6, 6.07) is 8.24. The second-order valence-corrected chi connectivity index (χ2v) is 7.94. The number of aliphatic hydroxyl groups excluding tert-OH is 1. The van der Waals surface area contributed by atoms with E-state index in [1.165, 1.54) is 36.5 Å². The van der Waals surface area contributed by atoms with Crippen molar-refractivity contribution in [3.05, 3.63) is 81.9 Å². The van der Waals surface area contributed by atoms with Crippen molar-refractivity contribution in [3.8, 4) is 0 Å². The third kappa shape index (κ3) is 4.64. The van der Waals surface area contributed by atoms with Crippen LogP contribution in [-0.4, -0.2) is 23.5 Å². The Balaban J connectivity index is 1.99. The number of hydrogen-bond donors (Lipinski definition) is 2. The molecule has 6 nitrogen and oxygen atoms in total. The number of hydrogen-bond acceptors (Lipinski definition) is 5. The van der Waals surface area contributed by atoms with Crippen molar-refractivity contribution in [2.75, 3.05) is 4.72 Å². The van der Waals surface area contributed by atoms with Crippen molar-refractivity contribution in [1.29, 1.82) is 0 Å². The zero-order valence-electron chi connectivity index (χ0n) is 14.3. The molecule has 0 bridgehead atoms. The van der Waals surface area contributed by atoms with E-state index in [1.54, 1.807) is 0 Å². The first kappa shape index (κ1) is 21.0. The molecule has 1 heterocycles. The molecule has 0 aliphatic heterocycles. The second-order valence-electron chi connectivity index (χ2n) is 5.60. The van der Waals surface area contributed by atoms with E-state index >= 15 is 0 Å². The van der Waals surface area contributed by atoms with Gasteiger partial charge in [0.2, 0.25) is 5.28 Å². The highest BCUT2D eigenvalue weighted by Crippen LogP contribution is 2.32. The second kappa shape index (κ2) is 8.32. The van der Waals surface area contributed by atoms with Crippen LogP contribution in [-0.2, 0) is 10.0 Å². The van der Waals surface area contributed by atoms with Gasteiger partial charge in [0.05, 0.1) is 16.4 Å². The van der Waals surface area contributed by atoms with Crippen molar-refractivity contribution in [2.45, 2.75) is 4.90 Å². The third-order valence-corrected chi connectivity index (χ3v) is 5.64. The van der Waals surface area contributed by atoms with Crippen LogP contribution >= 0.6 is 23.2 Å². The molecule has 2 N–H and O–H groups in total. The summed E-state index contributed by atoms with van der Waals surface area (Å²) in [6.07, 6.45) is 2.62. The highest BCUT2D eigenvalue weighted by molar-refractivity contribution is 7.92. The maximum Gasteiger partial charge on any atom is 0.267 e. The fourth-order valence-corrected chi connectivity index (χ4v) is 4.08. The Bertz CT molecular complexity index is 1200. The summed E-state index contributed by atoms with van der Waals surface area (Å²) < 4.78 is 54.7. The fourth-order valence-electron chi connectivity index (χ4n) is 2.39. The van der Waals surface area contributed by atoms with Gasteiger partial charge in [-0.3, -0.25) is 4.72 Å². The number of nitrogens with zero attached hydrogens (tertiary/aromatic N) is 2. The van der Waals surface area contributed by atoms with Crippen LogP contribution in [0, 0.1) is 11.6 Å². The summed E-state index contributed by atoms with van der Waals surface area (Å²) in [6.45, 7) is 0. The number of sulfonamides is 1. The van der Waals surface area contributed by atoms with Crippen LogP contribution in [0.3, 0.4) is 0 Å². The van der Waals surface area contributed by atoms with Crippen LogP contribution in [0.5, 0.6) is 0 Å². The number of rotatable bonds is 5. The standard InChI is InChI=1S/C18H11Cl2F2N3O3S/c19-16-11(15(26)9-10-7-8-23-18(20)24-10)3-1-6-14(16)25-29(27,28)17-12(21)4-2-5-13(17)22/h1-9,25-26H/b15-9-. The Morgan fingerprint density at radius 3 is 2.38 bits per heavy atom. The van der Waals surface area contributed by atoms with E-state index in [0.717, 1.165) is 18.2 Å². The lowest BCUT2D eigenvalue weighted by Crippen LogP contribution is -2.17. The lowest BCUT2D eigenvalue weighted by atomic mass is 10.1. The summed E-state index contributed by atoms with van der Waals surface area (Å²) in [4.78, 5) is 6.46. The minimum Gasteiger partial charge on any atom is -0.507 e. The first-order valence-electron chi connectivity index (χ1n) is 7.84. The third-order valence-electron chi connectivity index (χ3n) is 3.64. The summed E-state index contributed by atoms with van der Waals surface area (Å²) in [5.74, 6) is -2.86. The predicted molar refractivity (Wildman–Crippen MR) is 106 cm³/mol. The molecule has 3 rings (SSSR count). The zero-order chi connectivity index (χ0) is 21.2. The average Bonchev–Trinajstić information content (AvgIpc) is 2.63. The van der Waals surface area contributed by atoms with Gasteiger partial charge in [-0.25, -0.2) is 27.2 Å². The number of aliphatic hydroxyl groups is 1. The van der Waals surface area contributed by atoms with E-state index in [4.69, 9.17) is 23.2 Å². The number of anilines is 1. The lowest BCUT2D eigenvalue weighted by molar-refractivity contribution is 0.515. The van der Waals surface area contributed by atoms with Gasteiger partial charge in [-0.15, -0.1) is 0 Å². The summed E-state index contributed by atoms with van der Waals surface area (Å²) >= 11 is 11.9. The molecule has 2 aromatic carbocycles. The largest absolute Gasteiger partial charge is 0.507 e. The predicted octanol–water partition coefficient (Wildman–Crippen LogP) is 4.92. The van der Waals surface area contributed by atoms with E-state index in [2.05, 4.69) is 9.97 Å².